The summed E-state index contributed by atoms with van der Waals surface area (Å²) in [6.07, 6.45) is 0.637. The second kappa shape index (κ2) is 6.34. The first-order valence-corrected chi connectivity index (χ1v) is 7.78. The zero-order valence-electron chi connectivity index (χ0n) is 12.0. The lowest BCUT2D eigenvalue weighted by Gasteiger charge is -2.26. The summed E-state index contributed by atoms with van der Waals surface area (Å²) in [6, 6.07) is 7.72. The van der Waals surface area contributed by atoms with Gasteiger partial charge in [0.05, 0.1) is 25.9 Å². The molecule has 4 atom stereocenters. The summed E-state index contributed by atoms with van der Waals surface area (Å²) < 4.78 is 10.8. The average Bonchev–Trinajstić information content (AvgIpc) is 3.23. The number of ether oxygens (including phenoxy) is 2. The minimum atomic E-state index is -0.498. The number of nitrogens with one attached hydrogen (secondary N) is 1. The molecule has 2 aliphatic rings. The first-order valence-electron chi connectivity index (χ1n) is 7.40. The summed E-state index contributed by atoms with van der Waals surface area (Å²) in [6.45, 7) is 3.58. The Hall–Kier alpha value is -1.10. The highest BCUT2D eigenvalue weighted by atomic mass is 35.5. The van der Waals surface area contributed by atoms with E-state index in [1.54, 1.807) is 0 Å². The molecule has 0 radical (unpaired) electrons. The number of carbonyl (C=O) groups excluding carboxylic acids is 1. The van der Waals surface area contributed by atoms with E-state index in [1.165, 1.54) is 0 Å². The molecule has 1 heterocycles. The zero-order chi connectivity index (χ0) is 14.8. The van der Waals surface area contributed by atoms with E-state index in [2.05, 4.69) is 12.2 Å². The molecule has 3 rings (SSSR count). The van der Waals surface area contributed by atoms with Crippen LogP contribution in [0.15, 0.2) is 24.3 Å². The third-order valence-corrected chi connectivity index (χ3v) is 4.49. The molecule has 1 N–H and O–H groups in total. The van der Waals surface area contributed by atoms with Crippen LogP contribution in [0.25, 0.3) is 0 Å². The summed E-state index contributed by atoms with van der Waals surface area (Å²) in [7, 11) is 0. The fourth-order valence-corrected chi connectivity index (χ4v) is 2.93. The lowest BCUT2D eigenvalue weighted by molar-refractivity contribution is -0.148. The normalized spacial score (nSPS) is 29.7. The molecule has 114 valence electrons. The number of benzene rings is 1. The van der Waals surface area contributed by atoms with Gasteiger partial charge in [-0.25, -0.2) is 0 Å². The molecule has 1 aromatic rings. The van der Waals surface area contributed by atoms with Crippen LogP contribution in [0.3, 0.4) is 0 Å². The smallest absolute Gasteiger partial charge is 0.252 e. The van der Waals surface area contributed by atoms with Crippen LogP contribution >= 0.6 is 11.6 Å². The van der Waals surface area contributed by atoms with Gasteiger partial charge in [0, 0.05) is 5.02 Å². The molecule has 0 spiro atoms. The Morgan fingerprint density at radius 2 is 2.05 bits per heavy atom. The number of halogens is 1. The van der Waals surface area contributed by atoms with Crippen molar-refractivity contribution in [1.29, 1.82) is 0 Å². The summed E-state index contributed by atoms with van der Waals surface area (Å²) in [5.41, 5.74) is 1.10. The van der Waals surface area contributed by atoms with Gasteiger partial charge >= 0.3 is 0 Å². The SMILES string of the molecule is C[C@@H]1C[C@@H]1[C@H](NC(=O)[C@H]1COCCO1)c1ccc(Cl)cc1. The van der Waals surface area contributed by atoms with Gasteiger partial charge in [0.1, 0.15) is 0 Å². The summed E-state index contributed by atoms with van der Waals surface area (Å²) in [4.78, 5) is 12.3. The first kappa shape index (κ1) is 14.8. The molecule has 1 aromatic carbocycles. The van der Waals surface area contributed by atoms with E-state index >= 15 is 0 Å². The van der Waals surface area contributed by atoms with Crippen LogP contribution in [0.4, 0.5) is 0 Å². The molecule has 4 nitrogen and oxygen atoms in total. The highest BCUT2D eigenvalue weighted by molar-refractivity contribution is 6.30. The molecule has 1 aliphatic carbocycles. The largest absolute Gasteiger partial charge is 0.376 e. The zero-order valence-corrected chi connectivity index (χ0v) is 12.8. The Bertz CT molecular complexity index is 499. The minimum Gasteiger partial charge on any atom is -0.376 e. The van der Waals surface area contributed by atoms with Crippen LogP contribution in [-0.4, -0.2) is 31.8 Å². The second-order valence-electron chi connectivity index (χ2n) is 5.85. The maximum Gasteiger partial charge on any atom is 0.252 e. The van der Waals surface area contributed by atoms with E-state index in [-0.39, 0.29) is 11.9 Å². The van der Waals surface area contributed by atoms with E-state index < -0.39 is 6.10 Å². The van der Waals surface area contributed by atoms with Crippen LogP contribution in [-0.2, 0) is 14.3 Å². The van der Waals surface area contributed by atoms with Crippen molar-refractivity contribution in [3.8, 4) is 0 Å². The quantitative estimate of drug-likeness (QED) is 0.930. The monoisotopic (exact) mass is 309 g/mol. The molecule has 2 fully saturated rings. The van der Waals surface area contributed by atoms with Crippen molar-refractivity contribution in [3.63, 3.8) is 0 Å². The predicted octanol–water partition coefficient (Wildman–Crippen LogP) is 2.57. The van der Waals surface area contributed by atoms with Crippen molar-refractivity contribution in [2.45, 2.75) is 25.5 Å². The lowest BCUT2D eigenvalue weighted by atomic mass is 10.0. The molecule has 1 saturated carbocycles. The molecule has 0 unspecified atom stereocenters. The fourth-order valence-electron chi connectivity index (χ4n) is 2.81. The predicted molar refractivity (Wildman–Crippen MR) is 80.2 cm³/mol. The molecule has 1 amide bonds. The number of hydrogen-bond acceptors (Lipinski definition) is 3. The van der Waals surface area contributed by atoms with Crippen molar-refractivity contribution in [1.82, 2.24) is 5.32 Å². The molecular formula is C16H20ClNO3. The molecule has 0 bridgehead atoms. The van der Waals surface area contributed by atoms with Crippen LogP contribution < -0.4 is 5.32 Å². The number of rotatable bonds is 4. The maximum atomic E-state index is 12.3. The fraction of sp³-hybridized carbons (Fsp3) is 0.562. The third-order valence-electron chi connectivity index (χ3n) is 4.24. The number of amides is 1. The Morgan fingerprint density at radius 3 is 2.62 bits per heavy atom. The van der Waals surface area contributed by atoms with Gasteiger partial charge < -0.3 is 14.8 Å². The van der Waals surface area contributed by atoms with Gasteiger partial charge in [0.25, 0.3) is 5.91 Å². The Morgan fingerprint density at radius 1 is 1.33 bits per heavy atom. The Labute approximate surface area is 129 Å². The lowest BCUT2D eigenvalue weighted by Crippen LogP contribution is -2.44. The van der Waals surface area contributed by atoms with Gasteiger partial charge in [-0.05, 0) is 36.0 Å². The Kier molecular flexibility index (Phi) is 4.48. The van der Waals surface area contributed by atoms with E-state index in [0.717, 1.165) is 12.0 Å². The van der Waals surface area contributed by atoms with Crippen LogP contribution in [0.1, 0.15) is 24.9 Å². The average molecular weight is 310 g/mol. The van der Waals surface area contributed by atoms with Crippen molar-refractivity contribution >= 4 is 17.5 Å². The molecule has 1 aliphatic heterocycles. The van der Waals surface area contributed by atoms with Crippen molar-refractivity contribution in [3.05, 3.63) is 34.9 Å². The third kappa shape index (κ3) is 3.57. The van der Waals surface area contributed by atoms with Crippen molar-refractivity contribution in [2.75, 3.05) is 19.8 Å². The van der Waals surface area contributed by atoms with E-state index in [0.29, 0.717) is 36.7 Å². The standard InChI is InChI=1S/C16H20ClNO3/c1-10-8-13(10)15(11-2-4-12(17)5-3-11)18-16(19)14-9-20-6-7-21-14/h2-5,10,13-15H,6-9H2,1H3,(H,18,19)/t10-,13+,14-,15-/m1/s1. The van der Waals surface area contributed by atoms with Crippen LogP contribution in [0.5, 0.6) is 0 Å². The minimum absolute atomic E-state index is 0.0234. The molecule has 5 heteroatoms. The molecule has 21 heavy (non-hydrogen) atoms. The van der Waals surface area contributed by atoms with Crippen LogP contribution in [0, 0.1) is 11.8 Å². The summed E-state index contributed by atoms with van der Waals surface area (Å²) >= 11 is 5.94. The molecule has 0 aromatic heterocycles. The van der Waals surface area contributed by atoms with Gasteiger partial charge in [-0.2, -0.15) is 0 Å². The topological polar surface area (TPSA) is 47.6 Å². The number of hydrogen-bond donors (Lipinski definition) is 1. The molecular weight excluding hydrogens is 290 g/mol. The van der Waals surface area contributed by atoms with Gasteiger partial charge in [0.15, 0.2) is 6.10 Å². The van der Waals surface area contributed by atoms with Crippen molar-refractivity contribution < 1.29 is 14.3 Å². The highest BCUT2D eigenvalue weighted by Crippen LogP contribution is 2.47. The van der Waals surface area contributed by atoms with Crippen molar-refractivity contribution in [2.24, 2.45) is 11.8 Å². The number of carbonyl (C=O) groups is 1. The van der Waals surface area contributed by atoms with Gasteiger partial charge in [-0.15, -0.1) is 0 Å². The van der Waals surface area contributed by atoms with E-state index in [9.17, 15) is 4.79 Å². The Balaban J connectivity index is 1.70. The maximum absolute atomic E-state index is 12.3. The van der Waals surface area contributed by atoms with Gasteiger partial charge in [-0.3, -0.25) is 4.79 Å². The molecule has 1 saturated heterocycles. The van der Waals surface area contributed by atoms with Crippen LogP contribution in [0.2, 0.25) is 5.02 Å². The highest BCUT2D eigenvalue weighted by Gasteiger charge is 2.41. The van der Waals surface area contributed by atoms with E-state index in [4.69, 9.17) is 21.1 Å². The van der Waals surface area contributed by atoms with Gasteiger partial charge in [0.2, 0.25) is 0 Å². The summed E-state index contributed by atoms with van der Waals surface area (Å²) in [5, 5.41) is 3.83. The second-order valence-corrected chi connectivity index (χ2v) is 6.29. The van der Waals surface area contributed by atoms with E-state index in [1.807, 2.05) is 24.3 Å². The van der Waals surface area contributed by atoms with Gasteiger partial charge in [-0.1, -0.05) is 30.7 Å². The first-order chi connectivity index (χ1) is 10.1. The summed E-state index contributed by atoms with van der Waals surface area (Å²) in [5.74, 6) is 1.03.